The Morgan fingerprint density at radius 2 is 2.20 bits per heavy atom. The van der Waals surface area contributed by atoms with Crippen molar-refractivity contribution in [2.24, 2.45) is 11.8 Å². The molecule has 3 fully saturated rings. The second kappa shape index (κ2) is 5.23. The lowest BCUT2D eigenvalue weighted by Crippen LogP contribution is -2.64. The summed E-state index contributed by atoms with van der Waals surface area (Å²) in [5, 5.41) is 0. The summed E-state index contributed by atoms with van der Waals surface area (Å²) in [7, 11) is 1.71. The fourth-order valence-corrected chi connectivity index (χ4v) is 6.96. The normalized spacial score (nSPS) is 38.4. The molecule has 0 aromatic heterocycles. The molecule has 5 unspecified atom stereocenters. The third-order valence-corrected chi connectivity index (χ3v) is 7.74. The van der Waals surface area contributed by atoms with Crippen molar-refractivity contribution in [2.75, 3.05) is 25.1 Å². The highest BCUT2D eigenvalue weighted by Crippen LogP contribution is 2.63. The molecular weight excluding hydrogens is 312 g/mol. The van der Waals surface area contributed by atoms with Gasteiger partial charge in [-0.2, -0.15) is 0 Å². The van der Waals surface area contributed by atoms with Crippen LogP contribution in [-0.2, 0) is 10.2 Å². The minimum Gasteiger partial charge on any atom is -0.497 e. The van der Waals surface area contributed by atoms with Crippen molar-refractivity contribution in [3.8, 4) is 5.75 Å². The van der Waals surface area contributed by atoms with Crippen LogP contribution in [0.2, 0.25) is 0 Å². The van der Waals surface area contributed by atoms with Gasteiger partial charge in [0.05, 0.1) is 12.8 Å². The number of carbonyl (C=O) groups is 1. The highest BCUT2D eigenvalue weighted by Gasteiger charge is 2.66. The number of carbonyl (C=O) groups excluding carboxylic acids is 1. The van der Waals surface area contributed by atoms with Crippen LogP contribution >= 0.6 is 0 Å². The van der Waals surface area contributed by atoms with Crippen molar-refractivity contribution in [3.63, 3.8) is 0 Å². The molecule has 5 rings (SSSR count). The minimum absolute atomic E-state index is 0.130. The topological polar surface area (TPSA) is 32.8 Å². The molecule has 1 amide bonds. The first kappa shape index (κ1) is 15.7. The number of rotatable bonds is 2. The van der Waals surface area contributed by atoms with Gasteiger partial charge in [-0.15, -0.1) is 0 Å². The van der Waals surface area contributed by atoms with Crippen LogP contribution in [0, 0.1) is 11.8 Å². The van der Waals surface area contributed by atoms with Crippen LogP contribution in [0.4, 0.5) is 5.69 Å². The maximum absolute atomic E-state index is 12.7. The zero-order valence-corrected chi connectivity index (χ0v) is 15.5. The molecule has 25 heavy (non-hydrogen) atoms. The van der Waals surface area contributed by atoms with E-state index in [1.165, 1.54) is 44.3 Å². The first-order valence-corrected chi connectivity index (χ1v) is 9.84. The van der Waals surface area contributed by atoms with Gasteiger partial charge in [-0.3, -0.25) is 9.69 Å². The zero-order valence-electron chi connectivity index (χ0n) is 15.5. The Kier molecular flexibility index (Phi) is 3.28. The first-order valence-electron chi connectivity index (χ1n) is 9.84. The van der Waals surface area contributed by atoms with E-state index in [1.54, 1.807) is 14.0 Å². The molecule has 0 N–H and O–H groups in total. The van der Waals surface area contributed by atoms with Crippen LogP contribution in [0.1, 0.15) is 45.1 Å². The fourth-order valence-electron chi connectivity index (χ4n) is 6.96. The van der Waals surface area contributed by atoms with Gasteiger partial charge in [0.2, 0.25) is 5.91 Å². The Balaban J connectivity index is 1.74. The number of hydrogen-bond acceptors (Lipinski definition) is 3. The second-order valence-electron chi connectivity index (χ2n) is 8.42. The molecule has 1 spiro atoms. The first-order chi connectivity index (χ1) is 12.1. The van der Waals surface area contributed by atoms with Crippen LogP contribution in [0.5, 0.6) is 5.75 Å². The summed E-state index contributed by atoms with van der Waals surface area (Å²) in [5.41, 5.74) is 2.64. The molecule has 1 saturated carbocycles. The Morgan fingerprint density at radius 3 is 2.92 bits per heavy atom. The number of fused-ring (bicyclic) bond motifs is 2. The van der Waals surface area contributed by atoms with Crippen LogP contribution in [0.3, 0.4) is 0 Å². The lowest BCUT2D eigenvalue weighted by Gasteiger charge is -2.56. The van der Waals surface area contributed by atoms with E-state index in [0.29, 0.717) is 12.1 Å². The van der Waals surface area contributed by atoms with Crippen molar-refractivity contribution < 1.29 is 9.53 Å². The number of methoxy groups -OCH3 is 1. The summed E-state index contributed by atoms with van der Waals surface area (Å²) in [6, 6.07) is 7.38. The lowest BCUT2D eigenvalue weighted by atomic mass is 9.55. The molecule has 4 heteroatoms. The standard InChI is InChI=1S/C21H28N2O2/c1-4-16-14-7-9-22-10-8-21(20(16)22)17-6-5-15(25-3)12-18(17)23(13(2)24)19(21)11-14/h5-6,12,14,16,19-20H,4,7-11H2,1-3H3. The minimum atomic E-state index is 0.130. The van der Waals surface area contributed by atoms with Gasteiger partial charge in [-0.05, 0) is 55.8 Å². The quantitative estimate of drug-likeness (QED) is 0.829. The summed E-state index contributed by atoms with van der Waals surface area (Å²) in [6.45, 7) is 6.52. The van der Waals surface area contributed by atoms with Gasteiger partial charge in [-0.1, -0.05) is 19.4 Å². The molecule has 3 aliphatic heterocycles. The summed E-state index contributed by atoms with van der Waals surface area (Å²) in [5.74, 6) is 2.57. The van der Waals surface area contributed by atoms with Gasteiger partial charge in [0, 0.05) is 30.5 Å². The van der Waals surface area contributed by atoms with E-state index in [2.05, 4.69) is 34.9 Å². The van der Waals surface area contributed by atoms with Crippen molar-refractivity contribution in [2.45, 2.75) is 57.0 Å². The summed E-state index contributed by atoms with van der Waals surface area (Å²) >= 11 is 0. The highest BCUT2D eigenvalue weighted by molar-refractivity contribution is 5.96. The smallest absolute Gasteiger partial charge is 0.224 e. The largest absolute Gasteiger partial charge is 0.497 e. The number of amides is 1. The molecular formula is C21H28N2O2. The maximum atomic E-state index is 12.7. The number of piperidine rings is 1. The Labute approximate surface area is 150 Å². The van der Waals surface area contributed by atoms with E-state index < -0.39 is 0 Å². The number of hydrogen-bond donors (Lipinski definition) is 0. The van der Waals surface area contributed by atoms with E-state index in [4.69, 9.17) is 4.74 Å². The van der Waals surface area contributed by atoms with Crippen molar-refractivity contribution in [3.05, 3.63) is 23.8 Å². The molecule has 1 aromatic rings. The molecule has 2 saturated heterocycles. The summed E-state index contributed by atoms with van der Waals surface area (Å²) in [4.78, 5) is 17.5. The van der Waals surface area contributed by atoms with Crippen LogP contribution in [0.15, 0.2) is 18.2 Å². The number of benzene rings is 1. The van der Waals surface area contributed by atoms with Gasteiger partial charge in [0.25, 0.3) is 0 Å². The number of nitrogens with zero attached hydrogens (tertiary/aromatic N) is 2. The van der Waals surface area contributed by atoms with Crippen molar-refractivity contribution >= 4 is 11.6 Å². The Bertz CT molecular complexity index is 733. The lowest BCUT2D eigenvalue weighted by molar-refractivity contribution is -0.118. The monoisotopic (exact) mass is 340 g/mol. The average molecular weight is 340 g/mol. The molecule has 4 aliphatic rings. The molecule has 1 aliphatic carbocycles. The van der Waals surface area contributed by atoms with Gasteiger partial charge >= 0.3 is 0 Å². The SMILES string of the molecule is CCC1C2CCN3CCC4(c5ccc(OC)cc5N(C(C)=O)C4C2)C13. The summed E-state index contributed by atoms with van der Waals surface area (Å²) in [6.07, 6.45) is 4.91. The van der Waals surface area contributed by atoms with E-state index in [1.807, 2.05) is 0 Å². The fraction of sp³-hybridized carbons (Fsp3) is 0.667. The third kappa shape index (κ3) is 1.79. The zero-order chi connectivity index (χ0) is 17.3. The summed E-state index contributed by atoms with van der Waals surface area (Å²) < 4.78 is 5.48. The number of anilines is 1. The third-order valence-electron chi connectivity index (χ3n) is 7.74. The predicted octanol–water partition coefficient (Wildman–Crippen LogP) is 3.19. The average Bonchev–Trinajstić information content (AvgIpc) is 3.15. The van der Waals surface area contributed by atoms with Gasteiger partial charge < -0.3 is 9.64 Å². The maximum Gasteiger partial charge on any atom is 0.224 e. The molecule has 1 aromatic carbocycles. The number of ether oxygens (including phenoxy) is 1. The Hall–Kier alpha value is -1.55. The Morgan fingerprint density at radius 1 is 1.36 bits per heavy atom. The van der Waals surface area contributed by atoms with Crippen LogP contribution in [0.25, 0.3) is 0 Å². The van der Waals surface area contributed by atoms with E-state index in [9.17, 15) is 4.79 Å². The molecule has 5 atom stereocenters. The van der Waals surface area contributed by atoms with E-state index in [0.717, 1.165) is 23.3 Å². The van der Waals surface area contributed by atoms with Gasteiger partial charge in [0.15, 0.2) is 0 Å². The molecule has 2 bridgehead atoms. The van der Waals surface area contributed by atoms with E-state index in [-0.39, 0.29) is 11.3 Å². The van der Waals surface area contributed by atoms with Crippen LogP contribution in [-0.4, -0.2) is 43.1 Å². The molecule has 3 heterocycles. The van der Waals surface area contributed by atoms with Crippen molar-refractivity contribution in [1.82, 2.24) is 4.90 Å². The molecule has 0 radical (unpaired) electrons. The van der Waals surface area contributed by atoms with Gasteiger partial charge in [0.1, 0.15) is 5.75 Å². The van der Waals surface area contributed by atoms with E-state index >= 15 is 0 Å². The van der Waals surface area contributed by atoms with Crippen LogP contribution < -0.4 is 9.64 Å². The van der Waals surface area contributed by atoms with Gasteiger partial charge in [-0.25, -0.2) is 0 Å². The molecule has 134 valence electrons. The highest BCUT2D eigenvalue weighted by atomic mass is 16.5. The van der Waals surface area contributed by atoms with Crippen molar-refractivity contribution in [1.29, 1.82) is 0 Å². The predicted molar refractivity (Wildman–Crippen MR) is 98.1 cm³/mol. The molecule has 4 nitrogen and oxygen atoms in total. The second-order valence-corrected chi connectivity index (χ2v) is 8.42.